The number of aromatic nitrogens is 1. The molecule has 0 bridgehead atoms. The number of unbranched alkanes of at least 4 members (excludes halogenated alkanes) is 2. The Hall–Kier alpha value is -0.840. The summed E-state index contributed by atoms with van der Waals surface area (Å²) in [5.41, 5.74) is 1.44. The van der Waals surface area contributed by atoms with E-state index in [0.717, 1.165) is 0 Å². The van der Waals surface area contributed by atoms with Crippen molar-refractivity contribution in [3.05, 3.63) is 30.1 Å². The first kappa shape index (κ1) is 17.2. The molecule has 0 aliphatic heterocycles. The Kier molecular flexibility index (Phi) is 5.17. The van der Waals surface area contributed by atoms with Gasteiger partial charge in [0, 0.05) is 12.1 Å². The van der Waals surface area contributed by atoms with Gasteiger partial charge in [-0.3, -0.25) is 0 Å². The molecule has 108 valence electrons. The first-order chi connectivity index (χ1) is 7.88. The van der Waals surface area contributed by atoms with Crippen LogP contribution >= 0.6 is 7.81 Å². The van der Waals surface area contributed by atoms with Crippen LogP contribution in [0.4, 0.5) is 25.2 Å². The van der Waals surface area contributed by atoms with Crippen LogP contribution in [0.3, 0.4) is 0 Å². The third kappa shape index (κ3) is 20.6. The van der Waals surface area contributed by atoms with E-state index in [1.165, 1.54) is 31.2 Å². The molecule has 1 N–H and O–H groups in total. The summed E-state index contributed by atoms with van der Waals surface area (Å²) in [6.45, 7) is 2.23. The van der Waals surface area contributed by atoms with Crippen molar-refractivity contribution in [1.29, 1.82) is 0 Å². The Morgan fingerprint density at radius 2 is 1.39 bits per heavy atom. The zero-order valence-corrected chi connectivity index (χ0v) is 10.7. The zero-order valence-electron chi connectivity index (χ0n) is 9.85. The molecule has 8 heteroatoms. The molecular formula is C10H16F6NP. The molecule has 0 atom stereocenters. The summed E-state index contributed by atoms with van der Waals surface area (Å²) in [5.74, 6) is 0. The van der Waals surface area contributed by atoms with Gasteiger partial charge in [-0.2, -0.15) is 0 Å². The molecule has 0 amide bonds. The van der Waals surface area contributed by atoms with E-state index in [1.54, 1.807) is 0 Å². The molecule has 0 spiro atoms. The van der Waals surface area contributed by atoms with Crippen LogP contribution in [-0.2, 0) is 6.42 Å². The molecule has 0 aromatic carbocycles. The fraction of sp³-hybridized carbons (Fsp3) is 0.500. The average Bonchev–Trinajstić information content (AvgIpc) is 2.15. The molecule has 18 heavy (non-hydrogen) atoms. The number of halogens is 6. The van der Waals surface area contributed by atoms with Crippen LogP contribution in [0, 0.1) is 0 Å². The normalized spacial score (nSPS) is 15.1. The van der Waals surface area contributed by atoms with Gasteiger partial charge < -0.3 is 0 Å². The molecule has 1 aromatic heterocycles. The van der Waals surface area contributed by atoms with Gasteiger partial charge in [-0.15, -0.1) is 0 Å². The molecule has 0 aliphatic carbocycles. The van der Waals surface area contributed by atoms with E-state index in [9.17, 15) is 25.2 Å². The Balaban J connectivity index is 0.000000360. The summed E-state index contributed by atoms with van der Waals surface area (Å²) in [4.78, 5) is 3.02. The third-order valence-electron chi connectivity index (χ3n) is 1.86. The summed E-state index contributed by atoms with van der Waals surface area (Å²) >= 11 is 0. The van der Waals surface area contributed by atoms with Crippen molar-refractivity contribution in [2.75, 3.05) is 0 Å². The number of hydrogen-bond donors (Lipinski definition) is 0. The SMILES string of the molecule is CCCCCc1cc[nH+]cc1.F[P-](F)(F)(F)(F)F. The first-order valence-corrected chi connectivity index (χ1v) is 7.42. The van der Waals surface area contributed by atoms with Crippen molar-refractivity contribution in [2.45, 2.75) is 32.6 Å². The standard InChI is InChI=1S/C10H15N.F6P/c1-2-3-4-5-10-6-8-11-9-7-10;1-7(2,3,4,5)6/h6-9H,2-5H2,1H3;/q;-1/p+1. The second-order valence-electron chi connectivity index (χ2n) is 3.82. The number of nitrogens with one attached hydrogen (secondary N) is 1. The van der Waals surface area contributed by atoms with Crippen molar-refractivity contribution >= 4 is 7.81 Å². The molecular weight excluding hydrogens is 279 g/mol. The fourth-order valence-corrected chi connectivity index (χ4v) is 1.17. The van der Waals surface area contributed by atoms with Gasteiger partial charge in [0.05, 0.1) is 0 Å². The monoisotopic (exact) mass is 295 g/mol. The maximum atomic E-state index is 9.87. The Morgan fingerprint density at radius 3 is 1.78 bits per heavy atom. The van der Waals surface area contributed by atoms with Gasteiger partial charge >= 0.3 is 33.0 Å². The van der Waals surface area contributed by atoms with Crippen LogP contribution in [0.5, 0.6) is 0 Å². The first-order valence-electron chi connectivity index (χ1n) is 5.40. The molecule has 0 unspecified atom stereocenters. The van der Waals surface area contributed by atoms with E-state index in [1.807, 2.05) is 12.4 Å². The Labute approximate surface area is 101 Å². The van der Waals surface area contributed by atoms with Crippen molar-refractivity contribution in [1.82, 2.24) is 0 Å². The topological polar surface area (TPSA) is 14.1 Å². The summed E-state index contributed by atoms with van der Waals surface area (Å²) in [6.07, 6.45) is 9.17. The van der Waals surface area contributed by atoms with Gasteiger partial charge in [-0.1, -0.05) is 19.8 Å². The third-order valence-corrected chi connectivity index (χ3v) is 1.86. The maximum absolute atomic E-state index is 10.7. The van der Waals surface area contributed by atoms with E-state index >= 15 is 0 Å². The van der Waals surface area contributed by atoms with Crippen LogP contribution < -0.4 is 4.98 Å². The van der Waals surface area contributed by atoms with Gasteiger partial charge in [-0.25, -0.2) is 4.98 Å². The predicted octanol–water partition coefficient (Wildman–Crippen LogP) is 5.62. The van der Waals surface area contributed by atoms with E-state index in [0.29, 0.717) is 0 Å². The minimum atomic E-state index is -10.7. The Morgan fingerprint density at radius 1 is 0.944 bits per heavy atom. The average molecular weight is 295 g/mol. The van der Waals surface area contributed by atoms with Crippen LogP contribution in [0.1, 0.15) is 31.7 Å². The number of aryl methyl sites for hydroxylation is 1. The molecule has 1 nitrogen and oxygen atoms in total. The zero-order chi connectivity index (χ0) is 14.3. The van der Waals surface area contributed by atoms with Gasteiger partial charge in [0.25, 0.3) is 0 Å². The molecule has 1 rings (SSSR count). The summed E-state index contributed by atoms with van der Waals surface area (Å²) < 4.78 is 59.2. The Bertz CT molecular complexity index is 335. The van der Waals surface area contributed by atoms with Gasteiger partial charge in [0.2, 0.25) is 0 Å². The van der Waals surface area contributed by atoms with Crippen molar-refractivity contribution in [2.24, 2.45) is 0 Å². The van der Waals surface area contributed by atoms with Gasteiger partial charge in [0.1, 0.15) is 0 Å². The number of rotatable bonds is 4. The van der Waals surface area contributed by atoms with Crippen LogP contribution in [0.2, 0.25) is 0 Å². The summed E-state index contributed by atoms with van der Waals surface area (Å²) in [7, 11) is -10.7. The van der Waals surface area contributed by atoms with E-state index in [4.69, 9.17) is 0 Å². The second-order valence-corrected chi connectivity index (χ2v) is 5.74. The predicted molar refractivity (Wildman–Crippen MR) is 59.8 cm³/mol. The van der Waals surface area contributed by atoms with E-state index in [2.05, 4.69) is 24.0 Å². The number of pyridine rings is 1. The van der Waals surface area contributed by atoms with Gasteiger partial charge in [-0.05, 0) is 18.4 Å². The number of hydrogen-bond acceptors (Lipinski definition) is 0. The van der Waals surface area contributed by atoms with Crippen molar-refractivity contribution in [3.63, 3.8) is 0 Å². The van der Waals surface area contributed by atoms with E-state index in [-0.39, 0.29) is 0 Å². The van der Waals surface area contributed by atoms with Crippen LogP contribution in [0.15, 0.2) is 24.5 Å². The number of aromatic amines is 1. The summed E-state index contributed by atoms with van der Waals surface area (Å²) in [5, 5.41) is 0. The summed E-state index contributed by atoms with van der Waals surface area (Å²) in [6, 6.07) is 4.30. The molecule has 1 aromatic rings. The van der Waals surface area contributed by atoms with Gasteiger partial charge in [0.15, 0.2) is 12.4 Å². The van der Waals surface area contributed by atoms with Crippen LogP contribution in [0.25, 0.3) is 0 Å². The quantitative estimate of drug-likeness (QED) is 0.389. The molecule has 0 radical (unpaired) electrons. The molecule has 0 saturated carbocycles. The molecule has 1 heterocycles. The van der Waals surface area contributed by atoms with Crippen molar-refractivity contribution < 1.29 is 30.2 Å². The van der Waals surface area contributed by atoms with E-state index < -0.39 is 7.81 Å². The molecule has 0 fully saturated rings. The molecule has 0 saturated heterocycles. The minimum absolute atomic E-state index is 1.22. The number of H-pyrrole nitrogens is 1. The van der Waals surface area contributed by atoms with Crippen molar-refractivity contribution in [3.8, 4) is 0 Å². The fourth-order valence-electron chi connectivity index (χ4n) is 1.17. The molecule has 0 aliphatic rings. The van der Waals surface area contributed by atoms with Crippen LogP contribution in [-0.4, -0.2) is 0 Å². The second kappa shape index (κ2) is 5.43.